The van der Waals surface area contributed by atoms with E-state index in [0.717, 1.165) is 0 Å². The van der Waals surface area contributed by atoms with Crippen LogP contribution in [0.4, 0.5) is 0 Å². The Balaban J connectivity index is -0.000000490. The van der Waals surface area contributed by atoms with E-state index in [-0.39, 0.29) is 17.1 Å². The molecule has 0 aliphatic carbocycles. The maximum atomic E-state index is 10.1. The third-order valence-corrected chi connectivity index (χ3v) is 3.69. The fourth-order valence-corrected chi connectivity index (χ4v) is 1.73. The molecule has 31 heavy (non-hydrogen) atoms. The number of carbonyl (C=O) groups is 2. The molecule has 0 aromatic carbocycles. The minimum Gasteiger partial charge on any atom is -0.547 e. The quantitative estimate of drug-likeness (QED) is 0.109. The molecule has 0 aromatic heterocycles. The number of carbonyl (C=O) groups excluding carboxylic acids is 2. The molecule has 0 aliphatic rings. The Hall–Kier alpha value is -1.02. The van der Waals surface area contributed by atoms with Crippen LogP contribution in [-0.4, -0.2) is 147 Å². The van der Waals surface area contributed by atoms with Crippen molar-refractivity contribution in [1.82, 2.24) is 0 Å². The smallest absolute Gasteiger partial charge is 0.547 e. The number of aliphatic hydroxyl groups is 12. The van der Waals surface area contributed by atoms with Gasteiger partial charge in [-0.3, -0.25) is 0 Å². The molecule has 0 saturated carbocycles. The van der Waals surface area contributed by atoms with Crippen LogP contribution in [0.1, 0.15) is 0 Å². The first kappa shape index (κ1) is 34.6. The molecule has 0 heterocycles. The molecule has 12 N–H and O–H groups in total. The third kappa shape index (κ3) is 11.4. The average molecular weight is 505 g/mol. The number of aliphatic hydroxyl groups excluding tert-OH is 12. The molecular formula is C14H26MnO16. The molecule has 0 amide bonds. The van der Waals surface area contributed by atoms with Crippen LogP contribution in [0, 0.1) is 0 Å². The van der Waals surface area contributed by atoms with E-state index >= 15 is 0 Å². The minimum absolute atomic E-state index is 0. The second-order valence-corrected chi connectivity index (χ2v) is 5.97. The molecule has 0 fully saturated rings. The van der Waals surface area contributed by atoms with Crippen molar-refractivity contribution in [2.24, 2.45) is 0 Å². The zero-order valence-electron chi connectivity index (χ0n) is 15.6. The van der Waals surface area contributed by atoms with E-state index in [1.165, 1.54) is 0 Å². The largest absolute Gasteiger partial charge is 2.00 e. The van der Waals surface area contributed by atoms with E-state index in [2.05, 4.69) is 0 Å². The Bertz CT molecular complexity index is 465. The second kappa shape index (κ2) is 16.6. The number of aliphatic carboxylic acids is 2. The summed E-state index contributed by atoms with van der Waals surface area (Å²) in [4.78, 5) is 20.2. The van der Waals surface area contributed by atoms with Crippen molar-refractivity contribution in [3.05, 3.63) is 0 Å². The molecule has 17 heteroatoms. The molecule has 0 unspecified atom stereocenters. The van der Waals surface area contributed by atoms with Crippen molar-refractivity contribution < 1.29 is 98.1 Å². The van der Waals surface area contributed by atoms with Crippen LogP contribution in [0.5, 0.6) is 0 Å². The van der Waals surface area contributed by atoms with E-state index in [4.69, 9.17) is 61.3 Å². The Morgan fingerprint density at radius 3 is 0.903 bits per heavy atom. The first-order valence-corrected chi connectivity index (χ1v) is 8.09. The minimum atomic E-state index is -2.40. The van der Waals surface area contributed by atoms with Crippen molar-refractivity contribution in [2.45, 2.75) is 61.0 Å². The van der Waals surface area contributed by atoms with Crippen LogP contribution in [0.25, 0.3) is 0 Å². The van der Waals surface area contributed by atoms with Crippen LogP contribution < -0.4 is 10.2 Å². The van der Waals surface area contributed by atoms with Crippen molar-refractivity contribution in [2.75, 3.05) is 13.2 Å². The van der Waals surface area contributed by atoms with Gasteiger partial charge >= 0.3 is 17.1 Å². The summed E-state index contributed by atoms with van der Waals surface area (Å²) in [6.45, 7) is -1.79. The fourth-order valence-electron chi connectivity index (χ4n) is 1.73. The Labute approximate surface area is 185 Å². The van der Waals surface area contributed by atoms with E-state index in [1.807, 2.05) is 0 Å². The van der Waals surface area contributed by atoms with E-state index in [9.17, 15) is 19.8 Å². The zero-order chi connectivity index (χ0) is 24.3. The van der Waals surface area contributed by atoms with Gasteiger partial charge in [0, 0.05) is 0 Å². The average Bonchev–Trinajstić information content (AvgIpc) is 2.73. The standard InChI is InChI=1S/2C7H14O8.Mn/c2*8-1-2(9)3(10)4(11)5(12)6(13)7(14)15;/h2*2-6,8-13H,1H2,(H,14,15);/q;;+2/p-2/t2*2-,3-,4+,5-,6-;/m00./s1. The van der Waals surface area contributed by atoms with Crippen molar-refractivity contribution in [3.8, 4) is 0 Å². The summed E-state index contributed by atoms with van der Waals surface area (Å²) in [5.74, 6) is -4.07. The monoisotopic (exact) mass is 505 g/mol. The van der Waals surface area contributed by atoms with Gasteiger partial charge in [-0.25, -0.2) is 0 Å². The van der Waals surface area contributed by atoms with Gasteiger partial charge < -0.3 is 81.1 Å². The maximum Gasteiger partial charge on any atom is 2.00 e. The molecule has 0 rings (SSSR count). The Kier molecular flexibility index (Phi) is 18.5. The van der Waals surface area contributed by atoms with Gasteiger partial charge in [-0.05, 0) is 0 Å². The van der Waals surface area contributed by atoms with Crippen LogP contribution in [0.15, 0.2) is 0 Å². The molecule has 185 valence electrons. The van der Waals surface area contributed by atoms with Gasteiger partial charge in [0.15, 0.2) is 0 Å². The SMILES string of the molecule is O=C([O-])[C@@H](O)[C@@H](O)[C@H](O)[C@@H](O)[C@@H](O)CO.O=C([O-])[C@@H](O)[C@@H](O)[C@H](O)[C@@H](O)[C@@H](O)CO.[Mn+2]. The number of carboxylic acids is 2. The Morgan fingerprint density at radius 2 is 0.742 bits per heavy atom. The van der Waals surface area contributed by atoms with Gasteiger partial charge in [0.25, 0.3) is 0 Å². The Morgan fingerprint density at radius 1 is 0.516 bits per heavy atom. The number of hydrogen-bond acceptors (Lipinski definition) is 16. The normalized spacial score (nSPS) is 20.8. The summed E-state index contributed by atoms with van der Waals surface area (Å²) in [6, 6.07) is 0. The molecular weight excluding hydrogens is 479 g/mol. The van der Waals surface area contributed by atoms with E-state index in [1.54, 1.807) is 0 Å². The molecule has 10 atom stereocenters. The van der Waals surface area contributed by atoms with Gasteiger partial charge in [-0.15, -0.1) is 0 Å². The molecule has 16 nitrogen and oxygen atoms in total. The summed E-state index contributed by atoms with van der Waals surface area (Å²) in [5.41, 5.74) is 0. The first-order valence-electron chi connectivity index (χ1n) is 8.09. The topological polar surface area (TPSA) is 323 Å². The number of carboxylic acid groups (broad SMARTS) is 2. The van der Waals surface area contributed by atoms with Gasteiger partial charge in [0.05, 0.1) is 25.2 Å². The number of hydrogen-bond donors (Lipinski definition) is 12. The van der Waals surface area contributed by atoms with Crippen LogP contribution in [-0.2, 0) is 26.7 Å². The molecule has 0 aliphatic heterocycles. The van der Waals surface area contributed by atoms with E-state index in [0.29, 0.717) is 0 Å². The molecule has 0 saturated heterocycles. The first-order chi connectivity index (χ1) is 13.6. The van der Waals surface area contributed by atoms with Crippen LogP contribution in [0.2, 0.25) is 0 Å². The summed E-state index contributed by atoms with van der Waals surface area (Å²) in [6.07, 6.45) is -21.0. The van der Waals surface area contributed by atoms with Crippen molar-refractivity contribution >= 4 is 11.9 Å². The molecule has 1 radical (unpaired) electrons. The predicted octanol–water partition coefficient (Wildman–Crippen LogP) is -10.9. The summed E-state index contributed by atoms with van der Waals surface area (Å²) < 4.78 is 0. The fraction of sp³-hybridized carbons (Fsp3) is 0.857. The van der Waals surface area contributed by atoms with Crippen molar-refractivity contribution in [3.63, 3.8) is 0 Å². The zero-order valence-corrected chi connectivity index (χ0v) is 16.7. The maximum absolute atomic E-state index is 10.1. The summed E-state index contributed by atoms with van der Waals surface area (Å²) in [7, 11) is 0. The molecule has 0 spiro atoms. The van der Waals surface area contributed by atoms with Gasteiger partial charge in [0.2, 0.25) is 0 Å². The third-order valence-electron chi connectivity index (χ3n) is 3.69. The predicted molar refractivity (Wildman–Crippen MR) is 84.3 cm³/mol. The van der Waals surface area contributed by atoms with Gasteiger partial charge in [-0.2, -0.15) is 0 Å². The van der Waals surface area contributed by atoms with Crippen LogP contribution >= 0.6 is 0 Å². The van der Waals surface area contributed by atoms with E-state index < -0.39 is 86.2 Å². The van der Waals surface area contributed by atoms with Gasteiger partial charge in [0.1, 0.15) is 61.0 Å². The van der Waals surface area contributed by atoms with Gasteiger partial charge in [-0.1, -0.05) is 0 Å². The van der Waals surface area contributed by atoms with Crippen molar-refractivity contribution in [1.29, 1.82) is 0 Å². The molecule has 0 bridgehead atoms. The summed E-state index contributed by atoms with van der Waals surface area (Å²) in [5, 5.41) is 126. The van der Waals surface area contributed by atoms with Crippen LogP contribution in [0.3, 0.4) is 0 Å². The summed E-state index contributed by atoms with van der Waals surface area (Å²) >= 11 is 0. The number of rotatable bonds is 12. The molecule has 0 aromatic rings. The second-order valence-electron chi connectivity index (χ2n) is 5.97.